The molecular weight excluding hydrogens is 311 g/mol. The molecule has 0 bridgehead atoms. The highest BCUT2D eigenvalue weighted by Crippen LogP contribution is 2.15. The van der Waals surface area contributed by atoms with E-state index in [2.05, 4.69) is 20.7 Å². The second-order valence-corrected chi connectivity index (χ2v) is 6.19. The second-order valence-electron chi connectivity index (χ2n) is 3.62. The summed E-state index contributed by atoms with van der Waals surface area (Å²) < 4.78 is 38.3. The minimum Gasteiger partial charge on any atom is -0.545 e. The van der Waals surface area contributed by atoms with Crippen LogP contribution in [0.3, 0.4) is 0 Å². The van der Waals surface area contributed by atoms with Crippen molar-refractivity contribution in [2.24, 2.45) is 0 Å². The van der Waals surface area contributed by atoms with E-state index in [0.29, 0.717) is 17.6 Å². The maximum Gasteiger partial charge on any atom is 0.137 e. The fourth-order valence-electron chi connectivity index (χ4n) is 1.25. The Bertz CT molecular complexity index is 479. The summed E-state index contributed by atoms with van der Waals surface area (Å²) in [5.74, 6) is -0.291. The number of halogens is 2. The van der Waals surface area contributed by atoms with E-state index in [0.717, 1.165) is 11.8 Å². The van der Waals surface area contributed by atoms with Crippen molar-refractivity contribution in [2.45, 2.75) is 6.54 Å². The lowest BCUT2D eigenvalue weighted by atomic mass is 10.2. The van der Waals surface area contributed by atoms with E-state index in [1.807, 2.05) is 5.32 Å². The summed E-state index contributed by atoms with van der Waals surface area (Å²) in [5.41, 5.74) is 0.970. The van der Waals surface area contributed by atoms with Gasteiger partial charge in [-0.05, 0) is 28.1 Å². The first kappa shape index (κ1) is 14.6. The van der Waals surface area contributed by atoms with Crippen LogP contribution in [0.4, 0.5) is 4.39 Å². The van der Waals surface area contributed by atoms with Gasteiger partial charge in [-0.2, -0.15) is 0 Å². The average molecular weight is 325 g/mol. The molecule has 0 fully saturated rings. The molecule has 0 aliphatic carbocycles. The third-order valence-corrected chi connectivity index (χ3v) is 3.28. The van der Waals surface area contributed by atoms with Gasteiger partial charge in [-0.3, -0.25) is 0 Å². The first-order valence-corrected chi connectivity index (χ1v) is 7.67. The SMILES string of the molecule is CS(=O)(=O)[N-]CC[NH2+]Cc1ccc(F)c(Br)c1. The van der Waals surface area contributed by atoms with Gasteiger partial charge in [0.2, 0.25) is 0 Å². The monoisotopic (exact) mass is 324 g/mol. The van der Waals surface area contributed by atoms with Gasteiger partial charge >= 0.3 is 0 Å². The van der Waals surface area contributed by atoms with E-state index in [4.69, 9.17) is 0 Å². The van der Waals surface area contributed by atoms with Crippen LogP contribution in [0.15, 0.2) is 22.7 Å². The molecule has 7 heteroatoms. The van der Waals surface area contributed by atoms with Crippen LogP contribution in [0.5, 0.6) is 0 Å². The van der Waals surface area contributed by atoms with E-state index in [-0.39, 0.29) is 12.4 Å². The van der Waals surface area contributed by atoms with E-state index in [9.17, 15) is 12.8 Å². The van der Waals surface area contributed by atoms with Gasteiger partial charge in [0.25, 0.3) is 0 Å². The summed E-state index contributed by atoms with van der Waals surface area (Å²) >= 11 is 3.11. The van der Waals surface area contributed by atoms with Crippen molar-refractivity contribution >= 4 is 26.0 Å². The van der Waals surface area contributed by atoms with Gasteiger partial charge in [0, 0.05) is 11.8 Å². The van der Waals surface area contributed by atoms with Gasteiger partial charge in [0.1, 0.15) is 12.4 Å². The largest absolute Gasteiger partial charge is 0.545 e. The molecule has 0 aliphatic rings. The molecule has 96 valence electrons. The lowest BCUT2D eigenvalue weighted by Gasteiger charge is -2.14. The predicted octanol–water partition coefficient (Wildman–Crippen LogP) is 0.985. The zero-order valence-corrected chi connectivity index (χ0v) is 11.8. The molecule has 0 spiro atoms. The molecule has 2 N–H and O–H groups in total. The highest BCUT2D eigenvalue weighted by molar-refractivity contribution is 9.10. The topological polar surface area (TPSA) is 64.8 Å². The van der Waals surface area contributed by atoms with Crippen LogP contribution in [-0.2, 0) is 16.6 Å². The summed E-state index contributed by atoms with van der Waals surface area (Å²) in [5, 5.41) is 1.92. The third-order valence-electron chi connectivity index (χ3n) is 2.02. The molecule has 0 heterocycles. The Morgan fingerprint density at radius 1 is 1.47 bits per heavy atom. The molecule has 4 nitrogen and oxygen atoms in total. The first-order chi connectivity index (χ1) is 7.88. The normalized spacial score (nSPS) is 11.7. The van der Waals surface area contributed by atoms with Crippen molar-refractivity contribution in [1.82, 2.24) is 0 Å². The molecule has 0 saturated heterocycles. The maximum absolute atomic E-state index is 12.9. The summed E-state index contributed by atoms with van der Waals surface area (Å²) in [6.45, 7) is 1.52. The summed E-state index contributed by atoms with van der Waals surface area (Å²) in [6.07, 6.45) is 1.07. The van der Waals surface area contributed by atoms with E-state index < -0.39 is 10.0 Å². The quantitative estimate of drug-likeness (QED) is 0.793. The molecule has 1 rings (SSSR count). The van der Waals surface area contributed by atoms with Crippen molar-refractivity contribution in [2.75, 3.05) is 19.3 Å². The molecule has 0 aromatic heterocycles. The molecule has 0 aliphatic heterocycles. The summed E-state index contributed by atoms with van der Waals surface area (Å²) in [6, 6.07) is 4.80. The van der Waals surface area contributed by atoms with E-state index in [1.54, 1.807) is 12.1 Å². The van der Waals surface area contributed by atoms with Crippen molar-refractivity contribution in [3.63, 3.8) is 0 Å². The minimum atomic E-state index is -3.23. The average Bonchev–Trinajstić information content (AvgIpc) is 2.21. The first-order valence-electron chi connectivity index (χ1n) is 5.03. The van der Waals surface area contributed by atoms with Crippen molar-refractivity contribution in [1.29, 1.82) is 0 Å². The summed E-state index contributed by atoms with van der Waals surface area (Å²) in [7, 11) is -3.23. The van der Waals surface area contributed by atoms with Crippen LogP contribution in [0.2, 0.25) is 0 Å². The lowest BCUT2D eigenvalue weighted by molar-refractivity contribution is -0.667. The molecule has 1 aromatic carbocycles. The van der Waals surface area contributed by atoms with E-state index >= 15 is 0 Å². The van der Waals surface area contributed by atoms with Crippen LogP contribution in [0.1, 0.15) is 5.56 Å². The van der Waals surface area contributed by atoms with Crippen LogP contribution in [-0.4, -0.2) is 27.8 Å². The molecule has 17 heavy (non-hydrogen) atoms. The number of nitrogens with two attached hydrogens (primary N) is 1. The van der Waals surface area contributed by atoms with Gasteiger partial charge in [-0.15, -0.1) is 0 Å². The van der Waals surface area contributed by atoms with Crippen LogP contribution in [0.25, 0.3) is 4.72 Å². The van der Waals surface area contributed by atoms with Gasteiger partial charge < -0.3 is 10.0 Å². The Morgan fingerprint density at radius 3 is 2.76 bits per heavy atom. The zero-order chi connectivity index (χ0) is 12.9. The van der Waals surface area contributed by atoms with Crippen LogP contribution < -0.4 is 5.32 Å². The Morgan fingerprint density at radius 2 is 2.18 bits per heavy atom. The second kappa shape index (κ2) is 6.44. The molecular formula is C10H14BrFN2O2S. The Hall–Kier alpha value is -0.500. The van der Waals surface area contributed by atoms with Gasteiger partial charge in [-0.1, -0.05) is 12.6 Å². The fourth-order valence-corrected chi connectivity index (χ4v) is 2.11. The molecule has 0 radical (unpaired) electrons. The van der Waals surface area contributed by atoms with Gasteiger partial charge in [0.15, 0.2) is 0 Å². The number of rotatable bonds is 6. The number of hydrogen-bond donors (Lipinski definition) is 1. The van der Waals surface area contributed by atoms with Crippen molar-refractivity contribution < 1.29 is 18.1 Å². The number of sulfonamides is 1. The maximum atomic E-state index is 12.9. The van der Waals surface area contributed by atoms with Gasteiger partial charge in [0.05, 0.1) is 21.0 Å². The van der Waals surface area contributed by atoms with E-state index in [1.165, 1.54) is 6.07 Å². The molecule has 0 amide bonds. The lowest BCUT2D eigenvalue weighted by Crippen LogP contribution is -2.83. The van der Waals surface area contributed by atoms with Crippen LogP contribution >= 0.6 is 15.9 Å². The van der Waals surface area contributed by atoms with Crippen molar-refractivity contribution in [3.05, 3.63) is 38.8 Å². The zero-order valence-electron chi connectivity index (χ0n) is 9.36. The number of nitrogens with zero attached hydrogens (tertiary/aromatic N) is 1. The molecule has 0 unspecified atom stereocenters. The third kappa shape index (κ3) is 6.11. The number of hydrogen-bond acceptors (Lipinski definition) is 2. The molecule has 0 saturated carbocycles. The van der Waals surface area contributed by atoms with Gasteiger partial charge in [-0.25, -0.2) is 12.8 Å². The van der Waals surface area contributed by atoms with Crippen molar-refractivity contribution in [3.8, 4) is 0 Å². The predicted molar refractivity (Wildman–Crippen MR) is 67.7 cm³/mol. The molecule has 0 atom stereocenters. The van der Waals surface area contributed by atoms with Crippen LogP contribution in [0, 0.1) is 5.82 Å². The molecule has 1 aromatic rings. The Labute approximate surface area is 109 Å². The number of benzene rings is 1. The summed E-state index contributed by atoms with van der Waals surface area (Å²) in [4.78, 5) is 0. The minimum absolute atomic E-state index is 0.265. The fraction of sp³-hybridized carbons (Fsp3) is 0.400. The standard InChI is InChI=1S/C10H13BrFN2O2S/c1-17(15,16)14-5-4-13-7-8-2-3-10(12)9(11)6-8/h2-3,6,13H,4-5,7H2,1H3/q-1/p+1. The highest BCUT2D eigenvalue weighted by atomic mass is 79.9. The number of quaternary nitrogens is 1. The Kier molecular flexibility index (Phi) is 5.51. The highest BCUT2D eigenvalue weighted by Gasteiger charge is 2.01. The smallest absolute Gasteiger partial charge is 0.137 e. The Balaban J connectivity index is 2.29.